The Morgan fingerprint density at radius 1 is 1.32 bits per heavy atom. The van der Waals surface area contributed by atoms with Crippen LogP contribution in [0.5, 0.6) is 0 Å². The Bertz CT molecular complexity index is 1140. The van der Waals surface area contributed by atoms with Crippen molar-refractivity contribution in [2.45, 2.75) is 13.3 Å². The lowest BCUT2D eigenvalue weighted by Gasteiger charge is -2.03. The number of nitrogens with one attached hydrogen (secondary N) is 2. The largest absolute Gasteiger partial charge is 0.351 e. The summed E-state index contributed by atoms with van der Waals surface area (Å²) in [4.78, 5) is 28.5. The number of carbonyl (C=O) groups excluding carboxylic acids is 1. The number of nitrogens with zero attached hydrogens (tertiary/aromatic N) is 5. The highest BCUT2D eigenvalue weighted by molar-refractivity contribution is 5.99. The predicted molar refractivity (Wildman–Crippen MR) is 89.6 cm³/mol. The van der Waals surface area contributed by atoms with E-state index < -0.39 is 0 Å². The summed E-state index contributed by atoms with van der Waals surface area (Å²) >= 11 is 0. The molecule has 126 valence electrons. The molecule has 0 unspecified atom stereocenters. The molecule has 4 aromatic rings. The minimum Gasteiger partial charge on any atom is -0.351 e. The van der Waals surface area contributed by atoms with Crippen molar-refractivity contribution in [3.05, 3.63) is 64.1 Å². The number of H-pyrrole nitrogens is 1. The maximum absolute atomic E-state index is 12.4. The molecule has 4 rings (SSSR count). The zero-order chi connectivity index (χ0) is 17.4. The van der Waals surface area contributed by atoms with Crippen LogP contribution in [0.1, 0.15) is 21.9 Å². The second-order valence-corrected chi connectivity index (χ2v) is 5.63. The van der Waals surface area contributed by atoms with Gasteiger partial charge in [-0.3, -0.25) is 19.1 Å². The number of aromatic amines is 1. The standard InChI is InChI=1S/C16H15N7O2/c1-10-8-14(24)23-15(19-10)11(9-18-23)16(25)17-6-5-13-21-20-12-4-2-3-7-22(12)13/h2-4,7-9,18H,5-6H2,1H3,(H,17,25). The van der Waals surface area contributed by atoms with Gasteiger partial charge in [-0.2, -0.15) is 0 Å². The SMILES string of the molecule is Cc1cc(=O)n2[nH]cc(C(=O)NCCc3nnc4ccccn34)c2n1. The molecule has 0 spiro atoms. The van der Waals surface area contributed by atoms with Crippen molar-refractivity contribution in [2.75, 3.05) is 6.54 Å². The summed E-state index contributed by atoms with van der Waals surface area (Å²) in [6, 6.07) is 7.06. The fourth-order valence-corrected chi connectivity index (χ4v) is 2.71. The molecule has 0 fully saturated rings. The number of rotatable bonds is 4. The van der Waals surface area contributed by atoms with Crippen molar-refractivity contribution in [1.82, 2.24) is 34.5 Å². The molecule has 0 atom stereocenters. The van der Waals surface area contributed by atoms with E-state index in [0.29, 0.717) is 29.9 Å². The number of pyridine rings is 1. The summed E-state index contributed by atoms with van der Waals surface area (Å²) in [7, 11) is 0. The number of carbonyl (C=O) groups is 1. The molecule has 0 aliphatic rings. The molecule has 0 aliphatic carbocycles. The first-order valence-corrected chi connectivity index (χ1v) is 7.78. The van der Waals surface area contributed by atoms with E-state index in [2.05, 4.69) is 25.6 Å². The summed E-state index contributed by atoms with van der Waals surface area (Å²) in [5.74, 6) is 0.463. The van der Waals surface area contributed by atoms with Crippen LogP contribution in [0.25, 0.3) is 11.3 Å². The predicted octanol–water partition coefficient (Wildman–Crippen LogP) is 0.346. The Kier molecular flexibility index (Phi) is 3.53. The minimum atomic E-state index is -0.301. The van der Waals surface area contributed by atoms with Crippen molar-refractivity contribution < 1.29 is 4.79 Å². The number of fused-ring (bicyclic) bond motifs is 2. The zero-order valence-electron chi connectivity index (χ0n) is 13.4. The van der Waals surface area contributed by atoms with E-state index in [9.17, 15) is 9.59 Å². The van der Waals surface area contributed by atoms with Crippen LogP contribution >= 0.6 is 0 Å². The van der Waals surface area contributed by atoms with E-state index >= 15 is 0 Å². The molecule has 9 nitrogen and oxygen atoms in total. The maximum atomic E-state index is 12.4. The van der Waals surface area contributed by atoms with Gasteiger partial charge < -0.3 is 5.32 Å². The lowest BCUT2D eigenvalue weighted by molar-refractivity contribution is 0.0955. The van der Waals surface area contributed by atoms with Crippen LogP contribution in [0.4, 0.5) is 0 Å². The zero-order valence-corrected chi connectivity index (χ0v) is 13.4. The van der Waals surface area contributed by atoms with Gasteiger partial charge in [0.2, 0.25) is 0 Å². The molecule has 4 heterocycles. The van der Waals surface area contributed by atoms with Gasteiger partial charge in [0.25, 0.3) is 11.5 Å². The Labute approximate surface area is 141 Å². The third-order valence-corrected chi connectivity index (χ3v) is 3.89. The molecule has 0 aliphatic heterocycles. The molecule has 25 heavy (non-hydrogen) atoms. The first kappa shape index (κ1) is 15.1. The third-order valence-electron chi connectivity index (χ3n) is 3.89. The van der Waals surface area contributed by atoms with Crippen LogP contribution in [0.15, 0.2) is 41.5 Å². The van der Waals surface area contributed by atoms with E-state index in [1.54, 1.807) is 6.92 Å². The molecule has 0 radical (unpaired) electrons. The van der Waals surface area contributed by atoms with E-state index in [4.69, 9.17) is 0 Å². The van der Waals surface area contributed by atoms with Gasteiger partial charge in [0, 0.05) is 37.1 Å². The van der Waals surface area contributed by atoms with Crippen LogP contribution < -0.4 is 10.9 Å². The second kappa shape index (κ2) is 5.86. The second-order valence-electron chi connectivity index (χ2n) is 5.63. The molecule has 9 heteroatoms. The molecule has 4 aromatic heterocycles. The van der Waals surface area contributed by atoms with Crippen molar-refractivity contribution >= 4 is 17.2 Å². The summed E-state index contributed by atoms with van der Waals surface area (Å²) in [5.41, 5.74) is 1.71. The Hall–Kier alpha value is -3.49. The van der Waals surface area contributed by atoms with Gasteiger partial charge in [-0.25, -0.2) is 9.50 Å². The Morgan fingerprint density at radius 3 is 3.08 bits per heavy atom. The molecule has 0 saturated carbocycles. The summed E-state index contributed by atoms with van der Waals surface area (Å²) < 4.78 is 3.12. The van der Waals surface area contributed by atoms with Gasteiger partial charge >= 0.3 is 0 Å². The smallest absolute Gasteiger partial charge is 0.272 e. The van der Waals surface area contributed by atoms with Crippen molar-refractivity contribution in [3.63, 3.8) is 0 Å². The van der Waals surface area contributed by atoms with Gasteiger partial charge in [-0.1, -0.05) is 6.07 Å². The maximum Gasteiger partial charge on any atom is 0.272 e. The fraction of sp³-hybridized carbons (Fsp3) is 0.188. The lowest BCUT2D eigenvalue weighted by atomic mass is 10.3. The number of aryl methyl sites for hydroxylation is 1. The van der Waals surface area contributed by atoms with Crippen LogP contribution in [0.2, 0.25) is 0 Å². The van der Waals surface area contributed by atoms with E-state index in [1.165, 1.54) is 16.8 Å². The minimum absolute atomic E-state index is 0.253. The molecule has 2 N–H and O–H groups in total. The van der Waals surface area contributed by atoms with Crippen LogP contribution in [-0.4, -0.2) is 41.6 Å². The summed E-state index contributed by atoms with van der Waals surface area (Å²) in [6.45, 7) is 2.11. The Balaban J connectivity index is 1.50. The average Bonchev–Trinajstić information content (AvgIpc) is 3.19. The molecular weight excluding hydrogens is 322 g/mol. The quantitative estimate of drug-likeness (QED) is 0.558. The van der Waals surface area contributed by atoms with Crippen molar-refractivity contribution in [2.24, 2.45) is 0 Å². The highest BCUT2D eigenvalue weighted by Gasteiger charge is 2.15. The highest BCUT2D eigenvalue weighted by atomic mass is 16.2. The van der Waals surface area contributed by atoms with Gasteiger partial charge in [-0.05, 0) is 19.1 Å². The first-order valence-electron chi connectivity index (χ1n) is 7.78. The van der Waals surface area contributed by atoms with Crippen LogP contribution in [0, 0.1) is 6.92 Å². The monoisotopic (exact) mass is 337 g/mol. The normalized spacial score (nSPS) is 11.2. The molecular formula is C16H15N7O2. The average molecular weight is 337 g/mol. The van der Waals surface area contributed by atoms with E-state index in [-0.39, 0.29) is 11.5 Å². The molecule has 0 saturated heterocycles. The van der Waals surface area contributed by atoms with E-state index in [0.717, 1.165) is 11.5 Å². The molecule has 0 bridgehead atoms. The first-order chi connectivity index (χ1) is 12.1. The van der Waals surface area contributed by atoms with Crippen molar-refractivity contribution in [3.8, 4) is 0 Å². The van der Waals surface area contributed by atoms with Crippen LogP contribution in [0.3, 0.4) is 0 Å². The summed E-state index contributed by atoms with van der Waals surface area (Å²) in [6.07, 6.45) is 3.89. The highest BCUT2D eigenvalue weighted by Crippen LogP contribution is 2.07. The number of hydrogen-bond donors (Lipinski definition) is 2. The van der Waals surface area contributed by atoms with Gasteiger partial charge in [0.1, 0.15) is 11.4 Å². The van der Waals surface area contributed by atoms with Gasteiger partial charge in [-0.15, -0.1) is 10.2 Å². The van der Waals surface area contributed by atoms with Gasteiger partial charge in [0.15, 0.2) is 11.3 Å². The van der Waals surface area contributed by atoms with E-state index in [1.807, 2.05) is 28.8 Å². The topological polar surface area (TPSA) is 109 Å². The summed E-state index contributed by atoms with van der Waals surface area (Å²) in [5, 5.41) is 13.8. The van der Waals surface area contributed by atoms with Crippen molar-refractivity contribution in [1.29, 1.82) is 0 Å². The fourth-order valence-electron chi connectivity index (χ4n) is 2.71. The lowest BCUT2D eigenvalue weighted by Crippen LogP contribution is -2.26. The number of amides is 1. The number of hydrogen-bond acceptors (Lipinski definition) is 5. The number of aromatic nitrogens is 6. The molecule has 1 amide bonds. The molecule has 0 aromatic carbocycles. The third kappa shape index (κ3) is 2.65. The van der Waals surface area contributed by atoms with Gasteiger partial charge in [0.05, 0.1) is 0 Å². The Morgan fingerprint density at radius 2 is 2.20 bits per heavy atom. The van der Waals surface area contributed by atoms with Crippen LogP contribution in [-0.2, 0) is 6.42 Å².